The summed E-state index contributed by atoms with van der Waals surface area (Å²) in [4.78, 5) is 29.3. The molecule has 39 heavy (non-hydrogen) atoms. The summed E-state index contributed by atoms with van der Waals surface area (Å²) in [6.07, 6.45) is 4.56. The first-order chi connectivity index (χ1) is 18.9. The predicted octanol–water partition coefficient (Wildman–Crippen LogP) is 5.07. The highest BCUT2D eigenvalue weighted by Gasteiger charge is 2.26. The van der Waals surface area contributed by atoms with Crippen molar-refractivity contribution in [1.82, 2.24) is 0 Å². The van der Waals surface area contributed by atoms with Gasteiger partial charge >= 0.3 is 11.9 Å². The Labute approximate surface area is 225 Å². The van der Waals surface area contributed by atoms with Gasteiger partial charge in [-0.2, -0.15) is 0 Å². The molecule has 9 heteroatoms. The molecule has 0 spiro atoms. The molecule has 0 radical (unpaired) electrons. The van der Waals surface area contributed by atoms with Gasteiger partial charge in [0, 0.05) is 11.6 Å². The van der Waals surface area contributed by atoms with E-state index in [1.165, 1.54) is 27.4 Å². The van der Waals surface area contributed by atoms with Crippen LogP contribution in [-0.2, 0) is 14.3 Å². The largest absolute Gasteiger partial charge is 0.493 e. The summed E-state index contributed by atoms with van der Waals surface area (Å²) in [6, 6.07) is 17.6. The van der Waals surface area contributed by atoms with Crippen molar-refractivity contribution in [2.45, 2.75) is 6.92 Å². The second-order valence-electron chi connectivity index (χ2n) is 8.05. The molecule has 200 valence electrons. The number of carbonyl (C=O) groups is 2. The minimum absolute atomic E-state index is 0.0803. The number of hydrogen-bond acceptors (Lipinski definition) is 9. The molecule has 0 unspecified atom stereocenters. The molecular formula is C30H27NO8. The standard InChI is InChI=1S/C30H27NO8/c1-5-37-24-16-20(11-13-23(24)38-27(32)14-12-19-9-7-6-8-10-19)15-22-30(33)39-29(31-22)21-17-25(34-2)28(36-4)26(18-21)35-3/h6-18H,5H2,1-4H3/b14-12+,22-15+. The molecule has 3 aromatic carbocycles. The van der Waals surface area contributed by atoms with E-state index in [2.05, 4.69) is 4.99 Å². The molecule has 0 fully saturated rings. The quantitative estimate of drug-likeness (QED) is 0.204. The lowest BCUT2D eigenvalue weighted by Gasteiger charge is -2.13. The minimum atomic E-state index is -0.627. The van der Waals surface area contributed by atoms with Crippen LogP contribution < -0.4 is 23.7 Å². The van der Waals surface area contributed by atoms with Crippen LogP contribution in [0.2, 0.25) is 0 Å². The molecule has 0 aliphatic carbocycles. The molecule has 0 amide bonds. The molecule has 0 bridgehead atoms. The highest BCUT2D eigenvalue weighted by molar-refractivity contribution is 6.13. The third kappa shape index (κ3) is 6.45. The average molecular weight is 530 g/mol. The topological polar surface area (TPSA) is 102 Å². The van der Waals surface area contributed by atoms with Gasteiger partial charge in [0.05, 0.1) is 27.9 Å². The number of cyclic esters (lactones) is 1. The van der Waals surface area contributed by atoms with E-state index >= 15 is 0 Å². The van der Waals surface area contributed by atoms with Gasteiger partial charge in [0.2, 0.25) is 11.6 Å². The Balaban J connectivity index is 1.58. The molecule has 1 aliphatic rings. The lowest BCUT2D eigenvalue weighted by atomic mass is 10.1. The summed E-state index contributed by atoms with van der Waals surface area (Å²) in [5.74, 6) is 0.700. The van der Waals surface area contributed by atoms with Crippen LogP contribution in [0.25, 0.3) is 12.2 Å². The highest BCUT2D eigenvalue weighted by atomic mass is 16.6. The normalized spacial score (nSPS) is 13.7. The second kappa shape index (κ2) is 12.5. The number of aliphatic imine (C=N–C) groups is 1. The molecule has 4 rings (SSSR count). The third-order valence-electron chi connectivity index (χ3n) is 5.53. The zero-order chi connectivity index (χ0) is 27.8. The average Bonchev–Trinajstić information content (AvgIpc) is 3.32. The summed E-state index contributed by atoms with van der Waals surface area (Å²) in [7, 11) is 4.48. The fraction of sp³-hybridized carbons (Fsp3) is 0.167. The fourth-order valence-corrected chi connectivity index (χ4v) is 3.73. The Kier molecular flexibility index (Phi) is 8.63. The third-order valence-corrected chi connectivity index (χ3v) is 5.53. The number of carbonyl (C=O) groups excluding carboxylic acids is 2. The SMILES string of the molecule is CCOc1cc(/C=C2/N=C(c3cc(OC)c(OC)c(OC)c3)OC2=O)ccc1OC(=O)/C=C/c1ccccc1. The predicted molar refractivity (Wildman–Crippen MR) is 145 cm³/mol. The first-order valence-electron chi connectivity index (χ1n) is 12.0. The van der Waals surface area contributed by atoms with Gasteiger partial charge < -0.3 is 28.4 Å². The van der Waals surface area contributed by atoms with E-state index in [1.54, 1.807) is 42.5 Å². The molecule has 0 atom stereocenters. The molecule has 0 aromatic heterocycles. The monoisotopic (exact) mass is 529 g/mol. The van der Waals surface area contributed by atoms with Gasteiger partial charge in [-0.3, -0.25) is 0 Å². The maximum atomic E-state index is 12.6. The highest BCUT2D eigenvalue weighted by Crippen LogP contribution is 2.39. The Morgan fingerprint density at radius 2 is 1.59 bits per heavy atom. The number of hydrogen-bond donors (Lipinski definition) is 0. The van der Waals surface area contributed by atoms with Crippen LogP contribution in [0.5, 0.6) is 28.7 Å². The summed E-state index contributed by atoms with van der Waals surface area (Å²) in [5, 5.41) is 0. The van der Waals surface area contributed by atoms with Crippen LogP contribution in [-0.4, -0.2) is 45.8 Å². The lowest BCUT2D eigenvalue weighted by molar-refractivity contribution is -0.130. The first-order valence-corrected chi connectivity index (χ1v) is 12.0. The van der Waals surface area contributed by atoms with Crippen molar-refractivity contribution in [2.24, 2.45) is 4.99 Å². The van der Waals surface area contributed by atoms with Gasteiger partial charge in [-0.25, -0.2) is 14.6 Å². The van der Waals surface area contributed by atoms with Crippen LogP contribution in [0.15, 0.2) is 77.4 Å². The van der Waals surface area contributed by atoms with Gasteiger partial charge in [-0.1, -0.05) is 36.4 Å². The van der Waals surface area contributed by atoms with Gasteiger partial charge in [0.1, 0.15) is 0 Å². The second-order valence-corrected chi connectivity index (χ2v) is 8.05. The van der Waals surface area contributed by atoms with Crippen molar-refractivity contribution < 1.29 is 38.0 Å². The van der Waals surface area contributed by atoms with E-state index in [0.717, 1.165) is 5.56 Å². The number of benzene rings is 3. The van der Waals surface area contributed by atoms with Gasteiger partial charge in [0.15, 0.2) is 28.7 Å². The van der Waals surface area contributed by atoms with Crippen molar-refractivity contribution in [3.63, 3.8) is 0 Å². The minimum Gasteiger partial charge on any atom is -0.493 e. The van der Waals surface area contributed by atoms with Gasteiger partial charge in [0.25, 0.3) is 0 Å². The molecule has 0 N–H and O–H groups in total. The lowest BCUT2D eigenvalue weighted by Crippen LogP contribution is -2.07. The molecule has 9 nitrogen and oxygen atoms in total. The van der Waals surface area contributed by atoms with E-state index in [-0.39, 0.29) is 17.3 Å². The maximum absolute atomic E-state index is 12.6. The Bertz CT molecular complexity index is 1430. The molecule has 1 aliphatic heterocycles. The smallest absolute Gasteiger partial charge is 0.363 e. The number of nitrogens with zero attached hydrogens (tertiary/aromatic N) is 1. The Morgan fingerprint density at radius 1 is 0.872 bits per heavy atom. The number of methoxy groups -OCH3 is 3. The Hall–Kier alpha value is -5.05. The van der Waals surface area contributed by atoms with Crippen LogP contribution in [0.3, 0.4) is 0 Å². The van der Waals surface area contributed by atoms with E-state index in [4.69, 9.17) is 28.4 Å². The molecule has 1 heterocycles. The van der Waals surface area contributed by atoms with Gasteiger partial charge in [-0.15, -0.1) is 0 Å². The van der Waals surface area contributed by atoms with E-state index < -0.39 is 11.9 Å². The van der Waals surface area contributed by atoms with Crippen molar-refractivity contribution in [2.75, 3.05) is 27.9 Å². The maximum Gasteiger partial charge on any atom is 0.363 e. The molecule has 3 aromatic rings. The van der Waals surface area contributed by atoms with Crippen molar-refractivity contribution in [3.05, 3.63) is 89.1 Å². The summed E-state index contributed by atoms with van der Waals surface area (Å²) in [5.41, 5.74) is 2.02. The van der Waals surface area contributed by atoms with Crippen LogP contribution in [0.4, 0.5) is 0 Å². The molecule has 0 saturated carbocycles. The zero-order valence-electron chi connectivity index (χ0n) is 21.9. The van der Waals surface area contributed by atoms with Crippen LogP contribution in [0.1, 0.15) is 23.6 Å². The van der Waals surface area contributed by atoms with E-state index in [9.17, 15) is 9.59 Å². The molecular weight excluding hydrogens is 502 g/mol. The van der Waals surface area contributed by atoms with E-state index in [1.807, 2.05) is 37.3 Å². The zero-order valence-corrected chi connectivity index (χ0v) is 21.9. The Morgan fingerprint density at radius 3 is 2.23 bits per heavy atom. The number of ether oxygens (including phenoxy) is 6. The number of esters is 2. The summed E-state index contributed by atoms with van der Waals surface area (Å²) < 4.78 is 32.6. The molecule has 0 saturated heterocycles. The summed E-state index contributed by atoms with van der Waals surface area (Å²) >= 11 is 0. The van der Waals surface area contributed by atoms with Crippen molar-refractivity contribution in [1.29, 1.82) is 0 Å². The van der Waals surface area contributed by atoms with Gasteiger partial charge in [-0.05, 0) is 54.5 Å². The van der Waals surface area contributed by atoms with Crippen molar-refractivity contribution >= 4 is 30.0 Å². The van der Waals surface area contributed by atoms with E-state index in [0.29, 0.717) is 40.7 Å². The van der Waals surface area contributed by atoms with Crippen LogP contribution in [0, 0.1) is 0 Å². The summed E-state index contributed by atoms with van der Waals surface area (Å²) in [6.45, 7) is 2.16. The fourth-order valence-electron chi connectivity index (χ4n) is 3.73. The van der Waals surface area contributed by atoms with Crippen molar-refractivity contribution in [3.8, 4) is 28.7 Å². The first kappa shape index (κ1) is 27.0. The number of rotatable bonds is 10. The van der Waals surface area contributed by atoms with Crippen LogP contribution >= 0.6 is 0 Å².